The van der Waals surface area contributed by atoms with Crippen LogP contribution in [-0.4, -0.2) is 11.3 Å². The Balaban J connectivity index is 1.56. The van der Waals surface area contributed by atoms with Gasteiger partial charge in [-0.25, -0.2) is 0 Å². The first-order valence-electron chi connectivity index (χ1n) is 11.0. The summed E-state index contributed by atoms with van der Waals surface area (Å²) in [5.41, 5.74) is 4.18. The molecular formula is C26H25N3O. The first-order chi connectivity index (χ1) is 14.7. The Labute approximate surface area is 177 Å². The predicted octanol–water partition coefficient (Wildman–Crippen LogP) is 6.01. The molecule has 30 heavy (non-hydrogen) atoms. The van der Waals surface area contributed by atoms with Gasteiger partial charge in [0.1, 0.15) is 11.4 Å². The van der Waals surface area contributed by atoms with E-state index in [0.717, 1.165) is 46.9 Å². The van der Waals surface area contributed by atoms with E-state index in [-0.39, 0.29) is 5.60 Å². The summed E-state index contributed by atoms with van der Waals surface area (Å²) in [4.78, 5) is 4.27. The summed E-state index contributed by atoms with van der Waals surface area (Å²) in [5.74, 6) is 2.15. The SMILES string of the molecule is N#CN=C1CC2(CCCC3CCCCC32)Oc2ccc(-c3cccc(C#N)c3)cc21. The first kappa shape index (κ1) is 18.9. The summed E-state index contributed by atoms with van der Waals surface area (Å²) < 4.78 is 6.80. The van der Waals surface area contributed by atoms with Crippen LogP contribution in [0, 0.1) is 34.6 Å². The average molecular weight is 396 g/mol. The summed E-state index contributed by atoms with van der Waals surface area (Å²) in [5, 5.41) is 18.6. The second-order valence-electron chi connectivity index (χ2n) is 8.95. The zero-order chi connectivity index (χ0) is 20.6. The van der Waals surface area contributed by atoms with Gasteiger partial charge in [0.15, 0.2) is 0 Å². The van der Waals surface area contributed by atoms with E-state index in [4.69, 9.17) is 4.74 Å². The molecule has 0 radical (unpaired) electrons. The van der Waals surface area contributed by atoms with Gasteiger partial charge in [-0.2, -0.15) is 15.5 Å². The van der Waals surface area contributed by atoms with Crippen molar-refractivity contribution in [2.75, 3.05) is 0 Å². The molecule has 4 heteroatoms. The number of benzene rings is 2. The molecule has 0 amide bonds. The van der Waals surface area contributed by atoms with Gasteiger partial charge in [-0.3, -0.25) is 0 Å². The van der Waals surface area contributed by atoms with Crippen molar-refractivity contribution < 1.29 is 4.74 Å². The Morgan fingerprint density at radius 1 is 0.967 bits per heavy atom. The highest BCUT2D eigenvalue weighted by molar-refractivity contribution is 6.06. The molecule has 4 nitrogen and oxygen atoms in total. The molecule has 2 fully saturated rings. The van der Waals surface area contributed by atoms with Crippen LogP contribution in [0.4, 0.5) is 0 Å². The summed E-state index contributed by atoms with van der Waals surface area (Å²) in [6, 6.07) is 16.0. The molecule has 3 unspecified atom stereocenters. The minimum Gasteiger partial charge on any atom is -0.486 e. The second-order valence-corrected chi connectivity index (χ2v) is 8.95. The van der Waals surface area contributed by atoms with Gasteiger partial charge in [0.05, 0.1) is 17.3 Å². The lowest BCUT2D eigenvalue weighted by molar-refractivity contribution is -0.0656. The first-order valence-corrected chi connectivity index (χ1v) is 11.0. The Bertz CT molecular complexity index is 1090. The van der Waals surface area contributed by atoms with Gasteiger partial charge in [-0.15, -0.1) is 0 Å². The number of fused-ring (bicyclic) bond motifs is 3. The zero-order valence-corrected chi connectivity index (χ0v) is 17.1. The fourth-order valence-electron chi connectivity index (χ4n) is 6.03. The fourth-order valence-corrected chi connectivity index (χ4v) is 6.03. The van der Waals surface area contributed by atoms with Crippen LogP contribution in [0.3, 0.4) is 0 Å². The number of ether oxygens (including phenoxy) is 1. The number of nitrogens with zero attached hydrogens (tertiary/aromatic N) is 3. The van der Waals surface area contributed by atoms with Gasteiger partial charge >= 0.3 is 0 Å². The van der Waals surface area contributed by atoms with Gasteiger partial charge < -0.3 is 4.74 Å². The molecule has 0 N–H and O–H groups in total. The standard InChI is InChI=1S/C26H25N3O/c27-16-18-5-3-7-20(13-18)21-10-11-25-22(14-21)24(29-17-28)15-26(30-25)12-4-8-19-6-1-2-9-23(19)26/h3,5,7,10-11,13-14,19,23H,1-2,4,6,8-9,12,15H2. The quantitative estimate of drug-likeness (QED) is 0.555. The van der Waals surface area contributed by atoms with Crippen LogP contribution >= 0.6 is 0 Å². The average Bonchev–Trinajstić information content (AvgIpc) is 2.79. The van der Waals surface area contributed by atoms with Crippen LogP contribution in [0.5, 0.6) is 5.75 Å². The van der Waals surface area contributed by atoms with Gasteiger partial charge in [-0.1, -0.05) is 37.5 Å². The highest BCUT2D eigenvalue weighted by Gasteiger charge is 2.51. The third-order valence-electron chi connectivity index (χ3n) is 7.34. The minimum absolute atomic E-state index is 0.214. The van der Waals surface area contributed by atoms with Crippen LogP contribution in [0.15, 0.2) is 47.5 Å². The number of hydrogen-bond donors (Lipinski definition) is 0. The maximum atomic E-state index is 9.40. The molecule has 1 aliphatic heterocycles. The molecule has 2 aromatic carbocycles. The van der Waals surface area contributed by atoms with Crippen molar-refractivity contribution in [1.82, 2.24) is 0 Å². The molecule has 1 spiro atoms. The number of rotatable bonds is 1. The molecule has 2 aliphatic carbocycles. The summed E-state index contributed by atoms with van der Waals surface area (Å²) in [7, 11) is 0. The molecule has 3 aliphatic rings. The van der Waals surface area contributed by atoms with Gasteiger partial charge in [0.2, 0.25) is 6.19 Å². The van der Waals surface area contributed by atoms with E-state index >= 15 is 0 Å². The maximum Gasteiger partial charge on any atom is 0.205 e. The molecule has 0 bridgehead atoms. The Morgan fingerprint density at radius 3 is 2.67 bits per heavy atom. The van der Waals surface area contributed by atoms with Crippen LogP contribution in [0.1, 0.15) is 62.5 Å². The second kappa shape index (κ2) is 7.62. The molecule has 150 valence electrons. The lowest BCUT2D eigenvalue weighted by Gasteiger charge is -2.52. The van der Waals surface area contributed by atoms with E-state index in [1.54, 1.807) is 6.07 Å². The minimum atomic E-state index is -0.214. The summed E-state index contributed by atoms with van der Waals surface area (Å²) in [6.07, 6.45) is 11.4. The summed E-state index contributed by atoms with van der Waals surface area (Å²) >= 11 is 0. The van der Waals surface area contributed by atoms with Crippen LogP contribution in [0.25, 0.3) is 11.1 Å². The van der Waals surface area contributed by atoms with E-state index in [1.165, 1.54) is 38.5 Å². The molecule has 0 aromatic heterocycles. The normalized spacial score (nSPS) is 28.7. The largest absolute Gasteiger partial charge is 0.486 e. The third kappa shape index (κ3) is 3.17. The molecule has 5 rings (SSSR count). The van der Waals surface area contributed by atoms with Gasteiger partial charge in [-0.05, 0) is 67.0 Å². The molecular weight excluding hydrogens is 370 g/mol. The van der Waals surface area contributed by atoms with E-state index in [1.807, 2.05) is 30.5 Å². The molecule has 3 atom stereocenters. The maximum absolute atomic E-state index is 9.40. The van der Waals surface area contributed by atoms with Crippen LogP contribution in [0.2, 0.25) is 0 Å². The summed E-state index contributed by atoms with van der Waals surface area (Å²) in [6.45, 7) is 0. The highest BCUT2D eigenvalue weighted by atomic mass is 16.5. The predicted molar refractivity (Wildman–Crippen MR) is 116 cm³/mol. The zero-order valence-electron chi connectivity index (χ0n) is 17.1. The van der Waals surface area contributed by atoms with E-state index in [2.05, 4.69) is 23.2 Å². The van der Waals surface area contributed by atoms with Crippen molar-refractivity contribution in [1.29, 1.82) is 10.5 Å². The molecule has 0 saturated heterocycles. The molecule has 2 saturated carbocycles. The number of hydrogen-bond acceptors (Lipinski definition) is 4. The van der Waals surface area contributed by atoms with Gasteiger partial charge in [0.25, 0.3) is 0 Å². The monoisotopic (exact) mass is 395 g/mol. The Morgan fingerprint density at radius 2 is 1.80 bits per heavy atom. The number of aliphatic imine (C=N–C) groups is 1. The Hall–Kier alpha value is -3.11. The van der Waals surface area contributed by atoms with Crippen LogP contribution in [-0.2, 0) is 0 Å². The van der Waals surface area contributed by atoms with Gasteiger partial charge in [0, 0.05) is 17.9 Å². The van der Waals surface area contributed by atoms with Crippen molar-refractivity contribution in [3.8, 4) is 29.1 Å². The molecule has 1 heterocycles. The van der Waals surface area contributed by atoms with Crippen molar-refractivity contribution in [2.24, 2.45) is 16.8 Å². The smallest absolute Gasteiger partial charge is 0.205 e. The number of nitriles is 2. The van der Waals surface area contributed by atoms with Crippen molar-refractivity contribution in [2.45, 2.75) is 57.0 Å². The van der Waals surface area contributed by atoms with Crippen LogP contribution < -0.4 is 4.74 Å². The van der Waals surface area contributed by atoms with Crippen molar-refractivity contribution >= 4 is 5.71 Å². The van der Waals surface area contributed by atoms with Crippen molar-refractivity contribution in [3.63, 3.8) is 0 Å². The van der Waals surface area contributed by atoms with E-state index in [0.29, 0.717) is 11.5 Å². The third-order valence-corrected chi connectivity index (χ3v) is 7.34. The lowest BCUT2D eigenvalue weighted by Crippen LogP contribution is -2.54. The Kier molecular flexibility index (Phi) is 4.80. The highest BCUT2D eigenvalue weighted by Crippen LogP contribution is 2.52. The topological polar surface area (TPSA) is 69.2 Å². The van der Waals surface area contributed by atoms with E-state index in [9.17, 15) is 10.5 Å². The fraction of sp³-hybridized carbons (Fsp3) is 0.423. The van der Waals surface area contributed by atoms with Crippen molar-refractivity contribution in [3.05, 3.63) is 53.6 Å². The lowest BCUT2D eigenvalue weighted by atomic mass is 9.60. The molecule has 2 aromatic rings. The van der Waals surface area contributed by atoms with E-state index < -0.39 is 0 Å².